The van der Waals surface area contributed by atoms with Crippen LogP contribution in [0.1, 0.15) is 37.4 Å². The second-order valence-electron chi connectivity index (χ2n) is 6.59. The molecular weight excluding hydrogens is 380 g/mol. The normalized spacial score (nSPS) is 20.6. The van der Waals surface area contributed by atoms with Crippen molar-refractivity contribution >= 4 is 15.9 Å². The van der Waals surface area contributed by atoms with Crippen LogP contribution in [-0.4, -0.2) is 41.7 Å². The van der Waals surface area contributed by atoms with Crippen LogP contribution in [0.2, 0.25) is 0 Å². The van der Waals surface area contributed by atoms with Crippen LogP contribution in [0.25, 0.3) is 0 Å². The van der Waals surface area contributed by atoms with E-state index < -0.39 is 17.6 Å². The van der Waals surface area contributed by atoms with Crippen LogP contribution in [0.15, 0.2) is 41.6 Å². The molecule has 6 heteroatoms. The number of ether oxygens (including phenoxy) is 1. The highest BCUT2D eigenvalue weighted by Crippen LogP contribution is 2.41. The molecule has 134 valence electrons. The average Bonchev–Trinajstić information content (AvgIpc) is 2.51. The number of hydrogen-bond acceptors (Lipinski definition) is 3. The van der Waals surface area contributed by atoms with Gasteiger partial charge in [0.25, 0.3) is 0 Å². The molecule has 0 aromatic heterocycles. The van der Waals surface area contributed by atoms with E-state index in [9.17, 15) is 13.9 Å². The molecule has 1 fully saturated rings. The van der Waals surface area contributed by atoms with Crippen molar-refractivity contribution in [2.75, 3.05) is 20.1 Å². The molecule has 0 saturated heterocycles. The fourth-order valence-corrected chi connectivity index (χ4v) is 3.47. The summed E-state index contributed by atoms with van der Waals surface area (Å²) in [5.74, 6) is -2.61. The lowest BCUT2D eigenvalue weighted by Crippen LogP contribution is -2.48. The van der Waals surface area contributed by atoms with E-state index in [0.717, 1.165) is 10.0 Å². The molecule has 1 unspecified atom stereocenters. The zero-order valence-electron chi connectivity index (χ0n) is 13.9. The highest BCUT2D eigenvalue weighted by molar-refractivity contribution is 9.10. The Labute approximate surface area is 150 Å². The summed E-state index contributed by atoms with van der Waals surface area (Å²) in [4.78, 5) is 1.93. The lowest BCUT2D eigenvalue weighted by Gasteiger charge is -2.41. The van der Waals surface area contributed by atoms with Crippen molar-refractivity contribution in [3.63, 3.8) is 0 Å². The van der Waals surface area contributed by atoms with Crippen molar-refractivity contribution in [3.8, 4) is 0 Å². The molecule has 1 aromatic carbocycles. The molecule has 0 bridgehead atoms. The van der Waals surface area contributed by atoms with Crippen molar-refractivity contribution in [1.29, 1.82) is 0 Å². The Kier molecular flexibility index (Phi) is 6.39. The zero-order valence-corrected chi connectivity index (χ0v) is 15.4. The zero-order chi connectivity index (χ0) is 17.8. The maximum Gasteiger partial charge on any atom is 0.248 e. The molecule has 0 aliphatic heterocycles. The van der Waals surface area contributed by atoms with Crippen molar-refractivity contribution < 1.29 is 18.6 Å². The number of aliphatic hydroxyl groups is 1. The van der Waals surface area contributed by atoms with Crippen LogP contribution in [0.4, 0.5) is 8.78 Å². The predicted octanol–water partition coefficient (Wildman–Crippen LogP) is 4.52. The Morgan fingerprint density at radius 1 is 1.29 bits per heavy atom. The van der Waals surface area contributed by atoms with E-state index >= 15 is 0 Å². The molecular formula is C18H24BrF2NO2. The topological polar surface area (TPSA) is 32.7 Å². The van der Waals surface area contributed by atoms with Crippen molar-refractivity contribution in [2.24, 2.45) is 0 Å². The molecule has 1 aliphatic carbocycles. The Morgan fingerprint density at radius 3 is 2.42 bits per heavy atom. The third-order valence-electron chi connectivity index (χ3n) is 4.52. The van der Waals surface area contributed by atoms with Crippen LogP contribution >= 0.6 is 15.9 Å². The summed E-state index contributed by atoms with van der Waals surface area (Å²) < 4.78 is 33.5. The van der Waals surface area contributed by atoms with Crippen molar-refractivity contribution in [2.45, 2.75) is 43.3 Å². The summed E-state index contributed by atoms with van der Waals surface area (Å²) in [6, 6.07) is 7.48. The average molecular weight is 404 g/mol. The Morgan fingerprint density at radius 2 is 1.88 bits per heavy atom. The summed E-state index contributed by atoms with van der Waals surface area (Å²) in [6.45, 7) is 4.46. The lowest BCUT2D eigenvalue weighted by atomic mass is 9.82. The molecule has 1 N–H and O–H groups in total. The van der Waals surface area contributed by atoms with E-state index in [1.54, 1.807) is 0 Å². The molecule has 1 atom stereocenters. The largest absolute Gasteiger partial charge is 0.494 e. The van der Waals surface area contributed by atoms with Gasteiger partial charge in [0.1, 0.15) is 5.60 Å². The van der Waals surface area contributed by atoms with Gasteiger partial charge in [0.05, 0.1) is 12.4 Å². The molecule has 24 heavy (non-hydrogen) atoms. The van der Waals surface area contributed by atoms with Gasteiger partial charge in [0.2, 0.25) is 5.92 Å². The third-order valence-corrected chi connectivity index (χ3v) is 5.05. The Balaban J connectivity index is 1.96. The highest BCUT2D eigenvalue weighted by atomic mass is 79.9. The van der Waals surface area contributed by atoms with E-state index in [0.29, 0.717) is 13.1 Å². The van der Waals surface area contributed by atoms with E-state index in [1.807, 2.05) is 36.2 Å². The molecule has 1 aromatic rings. The van der Waals surface area contributed by atoms with Gasteiger partial charge in [-0.3, -0.25) is 4.90 Å². The monoisotopic (exact) mass is 403 g/mol. The molecule has 0 amide bonds. The number of rotatable bonds is 7. The first-order valence-electron chi connectivity index (χ1n) is 8.04. The lowest BCUT2D eigenvalue weighted by molar-refractivity contribution is -0.116. The second-order valence-corrected chi connectivity index (χ2v) is 7.50. The quantitative estimate of drug-likeness (QED) is 0.679. The summed E-state index contributed by atoms with van der Waals surface area (Å²) in [5, 5.41) is 10.4. The maximum atomic E-state index is 13.5. The smallest absolute Gasteiger partial charge is 0.248 e. The minimum absolute atomic E-state index is 0.177. The van der Waals surface area contributed by atoms with Crippen LogP contribution < -0.4 is 0 Å². The van der Waals surface area contributed by atoms with Crippen molar-refractivity contribution in [1.82, 2.24) is 4.90 Å². The van der Waals surface area contributed by atoms with Gasteiger partial charge >= 0.3 is 0 Å². The summed E-state index contributed by atoms with van der Waals surface area (Å²) >= 11 is 3.37. The first kappa shape index (κ1) is 19.3. The predicted molar refractivity (Wildman–Crippen MR) is 94.0 cm³/mol. The number of likely N-dealkylation sites (N-methyl/N-ethyl adjacent to an activating group) is 1. The number of benzene rings is 1. The van der Waals surface area contributed by atoms with Gasteiger partial charge in [-0.15, -0.1) is 0 Å². The van der Waals surface area contributed by atoms with Gasteiger partial charge in [-0.1, -0.05) is 34.6 Å². The molecule has 2 rings (SSSR count). The summed E-state index contributed by atoms with van der Waals surface area (Å²) in [6.07, 6.45) is 0.903. The van der Waals surface area contributed by atoms with E-state index in [2.05, 4.69) is 22.5 Å². The molecule has 0 spiro atoms. The standard InChI is InChI=1S/C18H24BrF2NO2/c1-3-24-17(8-10-18(20,21)11-9-17)13-22(2)12-16(23)14-4-6-15(19)7-5-14/h3-7,16,23H,1,8-13H2,2H3. The fourth-order valence-electron chi connectivity index (χ4n) is 3.20. The van der Waals surface area contributed by atoms with Crippen LogP contribution in [0, 0.1) is 0 Å². The number of aliphatic hydroxyl groups excluding tert-OH is 1. The van der Waals surface area contributed by atoms with E-state index in [-0.39, 0.29) is 25.7 Å². The molecule has 0 heterocycles. The fraction of sp³-hybridized carbons (Fsp3) is 0.556. The van der Waals surface area contributed by atoms with Gasteiger partial charge in [-0.2, -0.15) is 0 Å². The third kappa shape index (κ3) is 5.26. The van der Waals surface area contributed by atoms with Gasteiger partial charge < -0.3 is 9.84 Å². The molecule has 1 saturated carbocycles. The number of nitrogens with zero attached hydrogens (tertiary/aromatic N) is 1. The van der Waals surface area contributed by atoms with Gasteiger partial charge in [-0.25, -0.2) is 8.78 Å². The summed E-state index contributed by atoms with van der Waals surface area (Å²) in [7, 11) is 1.86. The number of halogens is 3. The SMILES string of the molecule is C=COC1(CN(C)CC(O)c2ccc(Br)cc2)CCC(F)(F)CC1. The highest BCUT2D eigenvalue weighted by Gasteiger charge is 2.45. The Hall–Kier alpha value is -0.980. The second kappa shape index (κ2) is 7.93. The van der Waals surface area contributed by atoms with Gasteiger partial charge in [-0.05, 0) is 37.6 Å². The van der Waals surface area contributed by atoms with Gasteiger partial charge in [0, 0.05) is 30.4 Å². The van der Waals surface area contributed by atoms with E-state index in [1.165, 1.54) is 6.26 Å². The molecule has 3 nitrogen and oxygen atoms in total. The number of alkyl halides is 2. The van der Waals surface area contributed by atoms with Crippen molar-refractivity contribution in [3.05, 3.63) is 47.1 Å². The maximum absolute atomic E-state index is 13.5. The van der Waals surface area contributed by atoms with Gasteiger partial charge in [0.15, 0.2) is 0 Å². The van der Waals surface area contributed by atoms with E-state index in [4.69, 9.17) is 4.74 Å². The minimum Gasteiger partial charge on any atom is -0.494 e. The summed E-state index contributed by atoms with van der Waals surface area (Å²) in [5.41, 5.74) is 0.163. The molecule has 0 radical (unpaired) electrons. The first-order valence-corrected chi connectivity index (χ1v) is 8.83. The first-order chi connectivity index (χ1) is 11.3. The number of hydrogen-bond donors (Lipinski definition) is 1. The van der Waals surface area contributed by atoms with Crippen LogP contribution in [-0.2, 0) is 4.74 Å². The Bertz CT molecular complexity index is 540. The van der Waals surface area contributed by atoms with Crippen LogP contribution in [0.3, 0.4) is 0 Å². The molecule has 1 aliphatic rings. The minimum atomic E-state index is -2.61. The van der Waals surface area contributed by atoms with Crippen LogP contribution in [0.5, 0.6) is 0 Å².